The number of aromatic amines is 2. The van der Waals surface area contributed by atoms with Crippen LogP contribution in [0, 0.1) is 0 Å². The molecule has 0 spiro atoms. The third-order valence-corrected chi connectivity index (χ3v) is 3.79. The standard InChI is InChI=1S/C14H10N4O3S/c19-13-12(11(16-18-13)10-2-1-7-22-10)17-15-9-5-3-8(4-6-9)14(20)21/h1-7H,(H,20,21)(H2,16,18,19). The van der Waals surface area contributed by atoms with Crippen LogP contribution in [0.2, 0.25) is 0 Å². The number of hydrogen-bond donors (Lipinski definition) is 3. The lowest BCUT2D eigenvalue weighted by Gasteiger charge is -1.95. The fourth-order valence-electron chi connectivity index (χ4n) is 1.82. The van der Waals surface area contributed by atoms with Crippen molar-refractivity contribution >= 4 is 28.7 Å². The zero-order valence-corrected chi connectivity index (χ0v) is 11.9. The summed E-state index contributed by atoms with van der Waals surface area (Å²) < 4.78 is 0. The van der Waals surface area contributed by atoms with E-state index in [1.54, 1.807) is 0 Å². The largest absolute Gasteiger partial charge is 0.478 e. The van der Waals surface area contributed by atoms with Crippen LogP contribution in [-0.2, 0) is 0 Å². The van der Waals surface area contributed by atoms with Gasteiger partial charge in [-0.15, -0.1) is 16.5 Å². The van der Waals surface area contributed by atoms with Crippen LogP contribution >= 0.6 is 11.3 Å². The maximum atomic E-state index is 11.8. The molecule has 2 aromatic heterocycles. The topological polar surface area (TPSA) is 111 Å². The molecule has 3 rings (SSSR count). The highest BCUT2D eigenvalue weighted by Gasteiger charge is 2.12. The van der Waals surface area contributed by atoms with Gasteiger partial charge >= 0.3 is 5.97 Å². The number of thiophene rings is 1. The third kappa shape index (κ3) is 2.72. The normalized spacial score (nSPS) is 11.1. The minimum absolute atomic E-state index is 0.165. The summed E-state index contributed by atoms with van der Waals surface area (Å²) in [4.78, 5) is 23.4. The Hall–Kier alpha value is -3.00. The molecule has 2 heterocycles. The Morgan fingerprint density at radius 2 is 1.86 bits per heavy atom. The van der Waals surface area contributed by atoms with Crippen molar-refractivity contribution in [1.82, 2.24) is 10.2 Å². The summed E-state index contributed by atoms with van der Waals surface area (Å²) in [5.74, 6) is -1.01. The first-order valence-electron chi connectivity index (χ1n) is 6.25. The molecular weight excluding hydrogens is 304 g/mol. The first-order chi connectivity index (χ1) is 10.6. The first-order valence-corrected chi connectivity index (χ1v) is 7.13. The van der Waals surface area contributed by atoms with Gasteiger partial charge < -0.3 is 5.11 Å². The number of carbonyl (C=O) groups is 1. The van der Waals surface area contributed by atoms with E-state index in [4.69, 9.17) is 5.11 Å². The second-order valence-corrected chi connectivity index (χ2v) is 5.28. The summed E-state index contributed by atoms with van der Waals surface area (Å²) in [6.45, 7) is 0. The highest BCUT2D eigenvalue weighted by Crippen LogP contribution is 2.29. The van der Waals surface area contributed by atoms with Gasteiger partial charge in [0, 0.05) is 0 Å². The molecule has 3 N–H and O–H groups in total. The van der Waals surface area contributed by atoms with Gasteiger partial charge in [0.2, 0.25) is 0 Å². The zero-order chi connectivity index (χ0) is 15.5. The number of rotatable bonds is 4. The van der Waals surface area contributed by atoms with Gasteiger partial charge in [0.15, 0.2) is 5.69 Å². The lowest BCUT2D eigenvalue weighted by atomic mass is 10.2. The Kier molecular flexibility index (Phi) is 3.67. The minimum Gasteiger partial charge on any atom is -0.478 e. The number of hydrogen-bond acceptors (Lipinski definition) is 5. The van der Waals surface area contributed by atoms with E-state index in [0.717, 1.165) is 4.88 Å². The molecule has 0 fully saturated rings. The fraction of sp³-hybridized carbons (Fsp3) is 0. The molecule has 110 valence electrons. The fourth-order valence-corrected chi connectivity index (χ4v) is 2.55. The molecule has 0 aliphatic heterocycles. The Bertz CT molecular complexity index is 876. The number of aromatic nitrogens is 2. The summed E-state index contributed by atoms with van der Waals surface area (Å²) in [6.07, 6.45) is 0. The number of carboxylic acid groups (broad SMARTS) is 1. The SMILES string of the molecule is O=C(O)c1ccc(N=Nc2c(-c3cccs3)[nH][nH]c2=O)cc1. The number of azo groups is 1. The van der Waals surface area contributed by atoms with E-state index >= 15 is 0 Å². The van der Waals surface area contributed by atoms with E-state index in [1.807, 2.05) is 17.5 Å². The average molecular weight is 314 g/mol. The van der Waals surface area contributed by atoms with Crippen molar-refractivity contribution in [3.8, 4) is 10.6 Å². The van der Waals surface area contributed by atoms with Crippen molar-refractivity contribution in [2.24, 2.45) is 10.2 Å². The maximum Gasteiger partial charge on any atom is 0.335 e. The molecule has 0 radical (unpaired) electrons. The van der Waals surface area contributed by atoms with E-state index in [2.05, 4.69) is 20.4 Å². The lowest BCUT2D eigenvalue weighted by Crippen LogP contribution is -1.96. The van der Waals surface area contributed by atoms with Crippen LogP contribution in [0.25, 0.3) is 10.6 Å². The predicted molar refractivity (Wildman–Crippen MR) is 82.3 cm³/mol. The van der Waals surface area contributed by atoms with E-state index < -0.39 is 5.97 Å². The summed E-state index contributed by atoms with van der Waals surface area (Å²) >= 11 is 1.47. The van der Waals surface area contributed by atoms with Crippen molar-refractivity contribution in [3.63, 3.8) is 0 Å². The molecule has 0 atom stereocenters. The van der Waals surface area contributed by atoms with Crippen LogP contribution in [0.3, 0.4) is 0 Å². The van der Waals surface area contributed by atoms with Gasteiger partial charge in [-0.2, -0.15) is 5.11 Å². The second kappa shape index (κ2) is 5.78. The Labute approximate surface area is 128 Å². The van der Waals surface area contributed by atoms with Crippen molar-refractivity contribution in [3.05, 3.63) is 57.7 Å². The van der Waals surface area contributed by atoms with Crippen LogP contribution in [-0.4, -0.2) is 21.3 Å². The molecule has 3 aromatic rings. The molecule has 0 aliphatic carbocycles. The van der Waals surface area contributed by atoms with Gasteiger partial charge in [-0.25, -0.2) is 4.79 Å². The average Bonchev–Trinajstić information content (AvgIpc) is 3.15. The van der Waals surface area contributed by atoms with Crippen LogP contribution in [0.1, 0.15) is 10.4 Å². The zero-order valence-electron chi connectivity index (χ0n) is 11.1. The molecule has 7 nitrogen and oxygen atoms in total. The van der Waals surface area contributed by atoms with Crippen molar-refractivity contribution in [1.29, 1.82) is 0 Å². The lowest BCUT2D eigenvalue weighted by molar-refractivity contribution is 0.0697. The molecule has 0 amide bonds. The maximum absolute atomic E-state index is 11.8. The van der Waals surface area contributed by atoms with Crippen LogP contribution in [0.5, 0.6) is 0 Å². The third-order valence-electron chi connectivity index (χ3n) is 2.90. The Balaban J connectivity index is 1.91. The van der Waals surface area contributed by atoms with E-state index in [9.17, 15) is 9.59 Å². The van der Waals surface area contributed by atoms with Crippen molar-refractivity contribution in [2.45, 2.75) is 0 Å². The van der Waals surface area contributed by atoms with E-state index in [1.165, 1.54) is 35.6 Å². The molecular formula is C14H10N4O3S. The molecule has 1 aromatic carbocycles. The number of nitrogens with one attached hydrogen (secondary N) is 2. The number of nitrogens with zero attached hydrogens (tertiary/aromatic N) is 2. The van der Waals surface area contributed by atoms with Gasteiger partial charge in [0.25, 0.3) is 5.56 Å². The quantitative estimate of drug-likeness (QED) is 0.640. The monoisotopic (exact) mass is 314 g/mol. The van der Waals surface area contributed by atoms with Gasteiger partial charge in [-0.3, -0.25) is 15.0 Å². The minimum atomic E-state index is -1.01. The Morgan fingerprint density at radius 3 is 2.50 bits per heavy atom. The summed E-state index contributed by atoms with van der Waals surface area (Å²) in [5.41, 5.74) is 1.02. The summed E-state index contributed by atoms with van der Waals surface area (Å²) in [5, 5.41) is 23.9. The van der Waals surface area contributed by atoms with Crippen LogP contribution < -0.4 is 5.56 Å². The highest BCUT2D eigenvalue weighted by atomic mass is 32.1. The Morgan fingerprint density at radius 1 is 1.09 bits per heavy atom. The first kappa shape index (κ1) is 14.0. The molecule has 0 saturated carbocycles. The molecule has 0 aliphatic rings. The van der Waals surface area contributed by atoms with E-state index in [-0.39, 0.29) is 16.8 Å². The highest BCUT2D eigenvalue weighted by molar-refractivity contribution is 7.13. The number of aromatic carboxylic acids is 1. The summed E-state index contributed by atoms with van der Waals surface area (Å²) in [6, 6.07) is 9.65. The van der Waals surface area contributed by atoms with E-state index in [0.29, 0.717) is 11.4 Å². The van der Waals surface area contributed by atoms with Crippen LogP contribution in [0.4, 0.5) is 11.4 Å². The number of benzene rings is 1. The number of carboxylic acids is 1. The van der Waals surface area contributed by atoms with Crippen molar-refractivity contribution < 1.29 is 9.90 Å². The molecule has 22 heavy (non-hydrogen) atoms. The molecule has 0 unspecified atom stereocenters. The van der Waals surface area contributed by atoms with Gasteiger partial charge in [-0.05, 0) is 35.7 Å². The van der Waals surface area contributed by atoms with Crippen molar-refractivity contribution in [2.75, 3.05) is 0 Å². The molecule has 8 heteroatoms. The van der Waals surface area contributed by atoms with Gasteiger partial charge in [0.05, 0.1) is 16.1 Å². The van der Waals surface area contributed by atoms with Gasteiger partial charge in [-0.1, -0.05) is 6.07 Å². The molecule has 0 saturated heterocycles. The predicted octanol–water partition coefficient (Wildman–Crippen LogP) is 3.55. The second-order valence-electron chi connectivity index (χ2n) is 4.33. The summed E-state index contributed by atoms with van der Waals surface area (Å²) in [7, 11) is 0. The van der Waals surface area contributed by atoms with Gasteiger partial charge in [0.1, 0.15) is 5.69 Å². The number of H-pyrrole nitrogens is 2. The smallest absolute Gasteiger partial charge is 0.335 e. The molecule has 0 bridgehead atoms. The van der Waals surface area contributed by atoms with Crippen LogP contribution in [0.15, 0.2) is 56.8 Å².